The van der Waals surface area contributed by atoms with Crippen LogP contribution in [0, 0.1) is 0 Å². The van der Waals surface area contributed by atoms with E-state index in [1.165, 1.54) is 6.33 Å². The molecule has 0 N–H and O–H groups in total. The quantitative estimate of drug-likeness (QED) is 0.435. The van der Waals surface area contributed by atoms with Crippen LogP contribution in [-0.2, 0) is 21.1 Å². The number of nitrogens with zero attached hydrogens (tertiary/aromatic N) is 2. The molecule has 1 unspecified atom stereocenters. The molecule has 2 nitrogen and oxygen atoms in total. The van der Waals surface area contributed by atoms with E-state index >= 15 is 0 Å². The molecule has 1 heterocycles. The van der Waals surface area contributed by atoms with Gasteiger partial charge in [0.25, 0.3) is 0 Å². The van der Waals surface area contributed by atoms with Crippen molar-refractivity contribution < 1.29 is 21.1 Å². The van der Waals surface area contributed by atoms with Crippen LogP contribution in [0.5, 0.6) is 0 Å². The third-order valence-corrected chi connectivity index (χ3v) is 0.372. The molecule has 0 spiro atoms. The van der Waals surface area contributed by atoms with Gasteiger partial charge in [-0.05, 0) is 0 Å². The normalized spacial score (nSPS) is 5.71. The first-order chi connectivity index (χ1) is 2.50. The van der Waals surface area contributed by atoms with Crippen molar-refractivity contribution in [1.29, 1.82) is 0 Å². The molecule has 0 aliphatic heterocycles. The van der Waals surface area contributed by atoms with Gasteiger partial charge in [-0.15, -0.1) is 0 Å². The van der Waals surface area contributed by atoms with Gasteiger partial charge >= 0.3 is 0 Å². The number of hydrogen-bond acceptors (Lipinski definition) is 1. The summed E-state index contributed by atoms with van der Waals surface area (Å²) < 4.78 is 0. The fraction of sp³-hybridized carbons (Fsp3) is 0. The minimum Gasteiger partial charge on any atom is -0.450 e. The number of imidazole rings is 1. The second-order valence-electron chi connectivity index (χ2n) is 0.712. The van der Waals surface area contributed by atoms with Gasteiger partial charge in [0.1, 0.15) is 0 Å². The first-order valence-electron chi connectivity index (χ1n) is 1.37. The SMILES string of the molecule is P.[Mo].c1c[n-]cn1. The average molecular weight is 197 g/mol. The third kappa shape index (κ3) is 4.18. The van der Waals surface area contributed by atoms with E-state index in [0.29, 0.717) is 0 Å². The molecule has 1 rings (SSSR count). The van der Waals surface area contributed by atoms with Crippen molar-refractivity contribution in [2.45, 2.75) is 0 Å². The molecule has 1 atom stereocenters. The minimum absolute atomic E-state index is 0. The zero-order chi connectivity index (χ0) is 3.54. The van der Waals surface area contributed by atoms with Crippen LogP contribution < -0.4 is 4.98 Å². The largest absolute Gasteiger partial charge is 0.450 e. The molecule has 0 aliphatic rings. The summed E-state index contributed by atoms with van der Waals surface area (Å²) in [6.07, 6.45) is 4.78. The van der Waals surface area contributed by atoms with E-state index < -0.39 is 0 Å². The van der Waals surface area contributed by atoms with Crippen LogP contribution in [0.15, 0.2) is 18.7 Å². The van der Waals surface area contributed by atoms with E-state index in [1.54, 1.807) is 12.4 Å². The summed E-state index contributed by atoms with van der Waals surface area (Å²) in [5.41, 5.74) is 0. The van der Waals surface area contributed by atoms with Crippen LogP contribution >= 0.6 is 9.90 Å². The van der Waals surface area contributed by atoms with Crippen LogP contribution in [0.25, 0.3) is 0 Å². The molecule has 0 radical (unpaired) electrons. The van der Waals surface area contributed by atoms with Gasteiger partial charge in [-0.25, -0.2) is 0 Å². The molecule has 0 saturated carbocycles. The van der Waals surface area contributed by atoms with Gasteiger partial charge < -0.3 is 9.97 Å². The molecular formula is C3H6MoN2P-. The van der Waals surface area contributed by atoms with Crippen molar-refractivity contribution in [3.8, 4) is 0 Å². The average Bonchev–Trinajstić information content (AvgIpc) is 1.76. The van der Waals surface area contributed by atoms with Gasteiger partial charge in [-0.2, -0.15) is 9.90 Å². The van der Waals surface area contributed by atoms with Gasteiger partial charge in [-0.3, -0.25) is 0 Å². The van der Waals surface area contributed by atoms with E-state index in [0.717, 1.165) is 0 Å². The number of aromatic nitrogens is 2. The van der Waals surface area contributed by atoms with Gasteiger partial charge in [0.2, 0.25) is 0 Å². The molecule has 1 aromatic heterocycles. The Morgan fingerprint density at radius 2 is 2.14 bits per heavy atom. The molecule has 7 heavy (non-hydrogen) atoms. The molecule has 0 aromatic carbocycles. The summed E-state index contributed by atoms with van der Waals surface area (Å²) in [4.78, 5) is 7.22. The van der Waals surface area contributed by atoms with Crippen LogP contribution in [0.2, 0.25) is 0 Å². The van der Waals surface area contributed by atoms with Crippen molar-refractivity contribution in [2.75, 3.05) is 0 Å². The molecule has 0 saturated heterocycles. The first kappa shape index (κ1) is 10.3. The van der Waals surface area contributed by atoms with Crippen molar-refractivity contribution >= 4 is 9.90 Å². The van der Waals surface area contributed by atoms with Gasteiger partial charge in [-0.1, -0.05) is 18.7 Å². The second kappa shape index (κ2) is 6.33. The number of rotatable bonds is 0. The molecule has 0 fully saturated rings. The smallest absolute Gasteiger partial charge is 0 e. The standard InChI is InChI=1S/C3H3N2.Mo.H3P/c1-2-5-3-4-1;;/h1-3H;;1H3/q-1;;. The maximum Gasteiger partial charge on any atom is 0 e. The predicted molar refractivity (Wildman–Crippen MR) is 28.7 cm³/mol. The van der Waals surface area contributed by atoms with Crippen molar-refractivity contribution in [3.63, 3.8) is 0 Å². The summed E-state index contributed by atoms with van der Waals surface area (Å²) >= 11 is 0. The monoisotopic (exact) mass is 199 g/mol. The zero-order valence-electron chi connectivity index (χ0n) is 3.74. The van der Waals surface area contributed by atoms with Gasteiger partial charge in [0.15, 0.2) is 0 Å². The van der Waals surface area contributed by atoms with Crippen molar-refractivity contribution in [3.05, 3.63) is 18.7 Å². The predicted octanol–water partition coefficient (Wildman–Crippen LogP) is 0.0944. The minimum atomic E-state index is 0. The molecule has 0 aliphatic carbocycles. The topological polar surface area (TPSA) is 27.0 Å². The summed E-state index contributed by atoms with van der Waals surface area (Å²) in [6.45, 7) is 0. The molecule has 40 valence electrons. The van der Waals surface area contributed by atoms with Crippen LogP contribution in [0.1, 0.15) is 0 Å². The van der Waals surface area contributed by atoms with Gasteiger partial charge in [0.05, 0.1) is 0 Å². The van der Waals surface area contributed by atoms with E-state index in [2.05, 4.69) is 9.97 Å². The van der Waals surface area contributed by atoms with Crippen molar-refractivity contribution in [2.24, 2.45) is 0 Å². The molecule has 1 aromatic rings. The fourth-order valence-corrected chi connectivity index (χ4v) is 0.192. The summed E-state index contributed by atoms with van der Waals surface area (Å²) in [5.74, 6) is 0. The van der Waals surface area contributed by atoms with E-state index in [4.69, 9.17) is 0 Å². The van der Waals surface area contributed by atoms with Crippen LogP contribution in [0.4, 0.5) is 0 Å². The fourth-order valence-electron chi connectivity index (χ4n) is 0.192. The maximum atomic E-state index is 3.61. The molecule has 4 heteroatoms. The Kier molecular flexibility index (Phi) is 9.35. The molecule has 0 bridgehead atoms. The summed E-state index contributed by atoms with van der Waals surface area (Å²) in [5, 5.41) is 0. The second-order valence-corrected chi connectivity index (χ2v) is 0.712. The van der Waals surface area contributed by atoms with E-state index in [1.807, 2.05) is 0 Å². The Hall–Kier alpha value is 0.328. The Balaban J connectivity index is 0. The third-order valence-electron chi connectivity index (χ3n) is 0.372. The van der Waals surface area contributed by atoms with Crippen LogP contribution in [-0.4, -0.2) is 4.98 Å². The van der Waals surface area contributed by atoms with Crippen molar-refractivity contribution in [1.82, 2.24) is 9.97 Å². The van der Waals surface area contributed by atoms with Crippen LogP contribution in [0.3, 0.4) is 0 Å². The summed E-state index contributed by atoms with van der Waals surface area (Å²) in [7, 11) is 0. The zero-order valence-corrected chi connectivity index (χ0v) is 7.16. The first-order valence-corrected chi connectivity index (χ1v) is 1.37. The Bertz CT molecular complexity index is 69.4. The maximum absolute atomic E-state index is 3.61. The molecular weight excluding hydrogens is 191 g/mol. The Morgan fingerprint density at radius 3 is 2.29 bits per heavy atom. The Morgan fingerprint density at radius 1 is 1.43 bits per heavy atom. The summed E-state index contributed by atoms with van der Waals surface area (Å²) in [6, 6.07) is 0. The molecule has 0 amide bonds. The van der Waals surface area contributed by atoms with E-state index in [-0.39, 0.29) is 31.0 Å². The Labute approximate surface area is 60.0 Å². The van der Waals surface area contributed by atoms with Gasteiger partial charge in [0, 0.05) is 21.1 Å². The van der Waals surface area contributed by atoms with E-state index in [9.17, 15) is 0 Å². The number of hydrogen-bond donors (Lipinski definition) is 0.